The topological polar surface area (TPSA) is 58.6 Å². The third kappa shape index (κ3) is 3.66. The zero-order valence-electron chi connectivity index (χ0n) is 13.6. The standard InChI is InChI=1S/C18H24N2O3/c1-2-23-18(22)20-10-8-16(9-11-20)19-17(21)15-7-6-13-4-3-5-14(13)12-15/h6-7,12,16H,2-5,8-11H2,1H3,(H,19,21). The smallest absolute Gasteiger partial charge is 0.409 e. The Balaban J connectivity index is 1.52. The molecule has 0 unspecified atom stereocenters. The molecule has 1 N–H and O–H groups in total. The summed E-state index contributed by atoms with van der Waals surface area (Å²) in [6.07, 6.45) is 4.69. The SMILES string of the molecule is CCOC(=O)N1CCC(NC(=O)c2ccc3c(c2)CCC3)CC1. The summed E-state index contributed by atoms with van der Waals surface area (Å²) in [5.74, 6) is -0.00529. The van der Waals surface area contributed by atoms with E-state index in [2.05, 4.69) is 11.4 Å². The van der Waals surface area contributed by atoms with Crippen molar-refractivity contribution in [2.24, 2.45) is 0 Å². The van der Waals surface area contributed by atoms with E-state index in [4.69, 9.17) is 4.74 Å². The Morgan fingerprint density at radius 2 is 1.96 bits per heavy atom. The molecule has 0 bridgehead atoms. The van der Waals surface area contributed by atoms with Gasteiger partial charge in [-0.2, -0.15) is 0 Å². The van der Waals surface area contributed by atoms with Gasteiger partial charge in [-0.1, -0.05) is 6.07 Å². The highest BCUT2D eigenvalue weighted by Gasteiger charge is 2.25. The summed E-state index contributed by atoms with van der Waals surface area (Å²) in [5, 5.41) is 3.10. The van der Waals surface area contributed by atoms with Crippen LogP contribution in [0.4, 0.5) is 4.79 Å². The first kappa shape index (κ1) is 15.8. The van der Waals surface area contributed by atoms with Crippen molar-refractivity contribution in [1.82, 2.24) is 10.2 Å². The maximum Gasteiger partial charge on any atom is 0.409 e. The first-order valence-corrected chi connectivity index (χ1v) is 8.51. The largest absolute Gasteiger partial charge is 0.450 e. The lowest BCUT2D eigenvalue weighted by molar-refractivity contribution is 0.0860. The molecule has 0 radical (unpaired) electrons. The second kappa shape index (κ2) is 7.02. The van der Waals surface area contributed by atoms with Crippen molar-refractivity contribution in [2.75, 3.05) is 19.7 Å². The van der Waals surface area contributed by atoms with Crippen molar-refractivity contribution < 1.29 is 14.3 Å². The van der Waals surface area contributed by atoms with Crippen LogP contribution in [-0.2, 0) is 17.6 Å². The Morgan fingerprint density at radius 1 is 1.22 bits per heavy atom. The van der Waals surface area contributed by atoms with Gasteiger partial charge in [-0.25, -0.2) is 4.79 Å². The monoisotopic (exact) mass is 316 g/mol. The van der Waals surface area contributed by atoms with Gasteiger partial charge in [0.2, 0.25) is 0 Å². The number of nitrogens with one attached hydrogen (secondary N) is 1. The number of benzene rings is 1. The molecule has 1 aromatic rings. The maximum absolute atomic E-state index is 12.4. The quantitative estimate of drug-likeness (QED) is 0.932. The summed E-state index contributed by atoms with van der Waals surface area (Å²) in [7, 11) is 0. The molecular weight excluding hydrogens is 292 g/mol. The molecule has 0 aromatic heterocycles. The van der Waals surface area contributed by atoms with E-state index < -0.39 is 0 Å². The van der Waals surface area contributed by atoms with Crippen molar-refractivity contribution in [2.45, 2.75) is 45.1 Å². The molecule has 23 heavy (non-hydrogen) atoms. The number of hydrogen-bond donors (Lipinski definition) is 1. The van der Waals surface area contributed by atoms with E-state index in [-0.39, 0.29) is 18.0 Å². The number of likely N-dealkylation sites (tertiary alicyclic amines) is 1. The van der Waals surface area contributed by atoms with E-state index in [1.165, 1.54) is 17.5 Å². The van der Waals surface area contributed by atoms with Crippen molar-refractivity contribution in [3.05, 3.63) is 34.9 Å². The molecule has 5 heteroatoms. The van der Waals surface area contributed by atoms with E-state index in [0.29, 0.717) is 19.7 Å². The molecule has 1 fully saturated rings. The molecule has 1 saturated heterocycles. The number of piperidine rings is 1. The van der Waals surface area contributed by atoms with Crippen molar-refractivity contribution in [1.29, 1.82) is 0 Å². The lowest BCUT2D eigenvalue weighted by Gasteiger charge is -2.31. The molecule has 3 rings (SSSR count). The van der Waals surface area contributed by atoms with Crippen LogP contribution in [0.1, 0.15) is 47.7 Å². The molecule has 0 saturated carbocycles. The molecule has 1 aliphatic carbocycles. The third-order valence-corrected chi connectivity index (χ3v) is 4.72. The van der Waals surface area contributed by atoms with Crippen LogP contribution in [0.25, 0.3) is 0 Å². The molecule has 2 amide bonds. The number of rotatable bonds is 3. The normalized spacial score (nSPS) is 17.7. The zero-order chi connectivity index (χ0) is 16.2. The average Bonchev–Trinajstić information content (AvgIpc) is 3.03. The number of hydrogen-bond acceptors (Lipinski definition) is 3. The number of fused-ring (bicyclic) bond motifs is 1. The second-order valence-electron chi connectivity index (χ2n) is 6.27. The third-order valence-electron chi connectivity index (χ3n) is 4.72. The van der Waals surface area contributed by atoms with E-state index in [1.54, 1.807) is 4.90 Å². The number of carbonyl (C=O) groups is 2. The van der Waals surface area contributed by atoms with E-state index >= 15 is 0 Å². The summed E-state index contributed by atoms with van der Waals surface area (Å²) in [5.41, 5.74) is 3.44. The van der Waals surface area contributed by atoms with Gasteiger partial charge in [0.05, 0.1) is 6.61 Å². The highest BCUT2D eigenvalue weighted by atomic mass is 16.6. The number of nitrogens with zero attached hydrogens (tertiary/aromatic N) is 1. The summed E-state index contributed by atoms with van der Waals surface area (Å²) in [6.45, 7) is 3.47. The van der Waals surface area contributed by atoms with Crippen molar-refractivity contribution in [3.63, 3.8) is 0 Å². The fourth-order valence-corrected chi connectivity index (χ4v) is 3.40. The van der Waals surface area contributed by atoms with Gasteiger partial charge < -0.3 is 15.0 Å². The molecule has 0 atom stereocenters. The first-order chi connectivity index (χ1) is 11.2. The lowest BCUT2D eigenvalue weighted by Crippen LogP contribution is -2.46. The molecule has 1 heterocycles. The highest BCUT2D eigenvalue weighted by molar-refractivity contribution is 5.94. The lowest BCUT2D eigenvalue weighted by atomic mass is 10.0. The van der Waals surface area contributed by atoms with Gasteiger partial charge in [-0.15, -0.1) is 0 Å². The van der Waals surface area contributed by atoms with Gasteiger partial charge in [-0.05, 0) is 62.3 Å². The average molecular weight is 316 g/mol. The van der Waals surface area contributed by atoms with Crippen molar-refractivity contribution in [3.8, 4) is 0 Å². The van der Waals surface area contributed by atoms with Crippen LogP contribution < -0.4 is 5.32 Å². The van der Waals surface area contributed by atoms with Crippen LogP contribution in [0.2, 0.25) is 0 Å². The molecule has 1 aliphatic heterocycles. The number of ether oxygens (including phenoxy) is 1. The van der Waals surface area contributed by atoms with Crippen LogP contribution in [0, 0.1) is 0 Å². The van der Waals surface area contributed by atoms with E-state index in [9.17, 15) is 9.59 Å². The number of carbonyl (C=O) groups excluding carboxylic acids is 2. The molecule has 124 valence electrons. The summed E-state index contributed by atoms with van der Waals surface area (Å²) < 4.78 is 5.01. The molecule has 0 spiro atoms. The highest BCUT2D eigenvalue weighted by Crippen LogP contribution is 2.23. The summed E-state index contributed by atoms with van der Waals surface area (Å²) in [4.78, 5) is 25.8. The van der Waals surface area contributed by atoms with Gasteiger partial charge >= 0.3 is 6.09 Å². The van der Waals surface area contributed by atoms with Crippen LogP contribution in [-0.4, -0.2) is 42.6 Å². The number of amides is 2. The molecule has 2 aliphatic rings. The minimum Gasteiger partial charge on any atom is -0.450 e. The van der Waals surface area contributed by atoms with Gasteiger partial charge in [0.15, 0.2) is 0 Å². The number of aryl methyl sites for hydroxylation is 2. The Bertz CT molecular complexity index is 592. The molecule has 1 aromatic carbocycles. The summed E-state index contributed by atoms with van der Waals surface area (Å²) in [6, 6.07) is 6.17. The molecular formula is C18H24N2O3. The predicted molar refractivity (Wildman–Crippen MR) is 87.6 cm³/mol. The predicted octanol–water partition coefficient (Wildman–Crippen LogP) is 2.53. The maximum atomic E-state index is 12.4. The van der Waals surface area contributed by atoms with Crippen LogP contribution >= 0.6 is 0 Å². The van der Waals surface area contributed by atoms with Crippen molar-refractivity contribution >= 4 is 12.0 Å². The Labute approximate surface area is 137 Å². The minimum absolute atomic E-state index is 0.00529. The van der Waals surface area contributed by atoms with Gasteiger partial charge in [0.25, 0.3) is 5.91 Å². The van der Waals surface area contributed by atoms with Gasteiger partial charge in [-0.3, -0.25) is 4.79 Å². The first-order valence-electron chi connectivity index (χ1n) is 8.51. The van der Waals surface area contributed by atoms with E-state index in [1.807, 2.05) is 19.1 Å². The van der Waals surface area contributed by atoms with Crippen LogP contribution in [0.3, 0.4) is 0 Å². The van der Waals surface area contributed by atoms with Crippen LogP contribution in [0.5, 0.6) is 0 Å². The van der Waals surface area contributed by atoms with Gasteiger partial charge in [0, 0.05) is 24.7 Å². The Morgan fingerprint density at radius 3 is 2.70 bits per heavy atom. The minimum atomic E-state index is -0.254. The fraction of sp³-hybridized carbons (Fsp3) is 0.556. The van der Waals surface area contributed by atoms with Crippen LogP contribution in [0.15, 0.2) is 18.2 Å². The fourth-order valence-electron chi connectivity index (χ4n) is 3.40. The van der Waals surface area contributed by atoms with E-state index in [0.717, 1.165) is 31.2 Å². The Hall–Kier alpha value is -2.04. The molecule has 5 nitrogen and oxygen atoms in total. The zero-order valence-corrected chi connectivity index (χ0v) is 13.6. The summed E-state index contributed by atoms with van der Waals surface area (Å²) >= 11 is 0. The second-order valence-corrected chi connectivity index (χ2v) is 6.27. The van der Waals surface area contributed by atoms with Gasteiger partial charge in [0.1, 0.15) is 0 Å². The Kier molecular flexibility index (Phi) is 4.84.